The minimum atomic E-state index is -0.232. The molecule has 4 nitrogen and oxygen atoms in total. The fourth-order valence-corrected chi connectivity index (χ4v) is 4.92. The number of anilines is 1. The van der Waals surface area contributed by atoms with Crippen molar-refractivity contribution in [3.05, 3.63) is 54.3 Å². The van der Waals surface area contributed by atoms with Crippen molar-refractivity contribution in [3.8, 4) is 5.75 Å². The second-order valence-corrected chi connectivity index (χ2v) is 8.99. The summed E-state index contributed by atoms with van der Waals surface area (Å²) in [5.41, 5.74) is 1.09. The molecule has 0 N–H and O–H groups in total. The van der Waals surface area contributed by atoms with Crippen molar-refractivity contribution in [1.82, 2.24) is 9.88 Å². The van der Waals surface area contributed by atoms with E-state index >= 15 is 0 Å². The molecule has 3 aromatic rings. The van der Waals surface area contributed by atoms with E-state index < -0.39 is 0 Å². The number of thiazole rings is 1. The highest BCUT2D eigenvalue weighted by molar-refractivity contribution is 7.22. The van der Waals surface area contributed by atoms with Crippen LogP contribution < -0.4 is 9.64 Å². The molecule has 0 radical (unpaired) electrons. The van der Waals surface area contributed by atoms with E-state index in [0.29, 0.717) is 18.6 Å². The zero-order chi connectivity index (χ0) is 20.2. The van der Waals surface area contributed by atoms with E-state index in [2.05, 4.69) is 42.0 Å². The minimum Gasteiger partial charge on any atom is -0.493 e. The quantitative estimate of drug-likeness (QED) is 0.542. The molecule has 1 aliphatic rings. The Hall–Kier alpha value is -2.18. The number of ether oxygens (including phenoxy) is 1. The van der Waals surface area contributed by atoms with Gasteiger partial charge in [0, 0.05) is 38.6 Å². The number of rotatable bonds is 7. The first-order valence-electron chi connectivity index (χ1n) is 10.3. The van der Waals surface area contributed by atoms with Gasteiger partial charge in [-0.25, -0.2) is 9.37 Å². The van der Waals surface area contributed by atoms with Gasteiger partial charge in [-0.2, -0.15) is 0 Å². The Balaban J connectivity index is 1.23. The third kappa shape index (κ3) is 5.06. The van der Waals surface area contributed by atoms with Crippen molar-refractivity contribution in [2.24, 2.45) is 5.92 Å². The van der Waals surface area contributed by atoms with Crippen LogP contribution in [-0.4, -0.2) is 49.2 Å². The zero-order valence-electron chi connectivity index (χ0n) is 17.1. The van der Waals surface area contributed by atoms with Crippen LogP contribution in [0.1, 0.15) is 19.8 Å². The van der Waals surface area contributed by atoms with Crippen molar-refractivity contribution in [1.29, 1.82) is 0 Å². The van der Waals surface area contributed by atoms with Crippen LogP contribution in [0.15, 0.2) is 48.5 Å². The number of hydrogen-bond donors (Lipinski definition) is 0. The third-order valence-electron chi connectivity index (χ3n) is 5.61. The van der Waals surface area contributed by atoms with E-state index in [1.54, 1.807) is 23.5 Å². The van der Waals surface area contributed by atoms with Gasteiger partial charge in [-0.3, -0.25) is 0 Å². The number of aromatic nitrogens is 1. The Labute approximate surface area is 175 Å². The lowest BCUT2D eigenvalue weighted by Crippen LogP contribution is -2.45. The summed E-state index contributed by atoms with van der Waals surface area (Å²) >= 11 is 1.78. The smallest absolute Gasteiger partial charge is 0.186 e. The highest BCUT2D eigenvalue weighted by atomic mass is 32.1. The van der Waals surface area contributed by atoms with Crippen LogP contribution in [0, 0.1) is 11.7 Å². The molecule has 0 aliphatic carbocycles. The number of para-hydroxylation sites is 1. The van der Waals surface area contributed by atoms with Crippen LogP contribution >= 0.6 is 11.3 Å². The van der Waals surface area contributed by atoms with E-state index in [1.165, 1.54) is 16.8 Å². The van der Waals surface area contributed by atoms with Gasteiger partial charge in [0.2, 0.25) is 0 Å². The minimum absolute atomic E-state index is 0.232. The molecule has 1 atom stereocenters. The normalized spacial score (nSPS) is 16.8. The largest absolute Gasteiger partial charge is 0.493 e. The Morgan fingerprint density at radius 1 is 1.17 bits per heavy atom. The standard InChI is InChI=1S/C23H28FN3OS/c1-17(16-28-20-9-7-18(24)8-10-20)15-27-13-11-19(12-14-27)26(2)23-25-21-5-3-4-6-22(21)29-23/h3-10,17,19H,11-16H2,1-2H3. The second-order valence-electron chi connectivity index (χ2n) is 7.98. The van der Waals surface area contributed by atoms with Gasteiger partial charge in [0.15, 0.2) is 5.13 Å². The van der Waals surface area contributed by atoms with Gasteiger partial charge in [0.25, 0.3) is 0 Å². The van der Waals surface area contributed by atoms with Gasteiger partial charge < -0.3 is 14.5 Å². The van der Waals surface area contributed by atoms with Crippen molar-refractivity contribution in [2.75, 3.05) is 38.2 Å². The molecule has 1 fully saturated rings. The summed E-state index contributed by atoms with van der Waals surface area (Å²) in [5.74, 6) is 0.928. The lowest BCUT2D eigenvalue weighted by molar-refractivity contribution is 0.156. The molecule has 1 aliphatic heterocycles. The molecule has 1 saturated heterocycles. The fourth-order valence-electron chi connectivity index (χ4n) is 3.92. The first-order chi connectivity index (χ1) is 14.1. The number of fused-ring (bicyclic) bond motifs is 1. The van der Waals surface area contributed by atoms with E-state index in [-0.39, 0.29) is 5.82 Å². The molecule has 0 amide bonds. The SMILES string of the molecule is CC(COc1ccc(F)cc1)CN1CCC(N(C)c2nc3ccccc3s2)CC1. The van der Waals surface area contributed by atoms with Crippen molar-refractivity contribution < 1.29 is 9.13 Å². The summed E-state index contributed by atoms with van der Waals surface area (Å²) in [6.45, 7) is 6.08. The highest BCUT2D eigenvalue weighted by Gasteiger charge is 2.25. The van der Waals surface area contributed by atoms with Crippen molar-refractivity contribution in [3.63, 3.8) is 0 Å². The van der Waals surface area contributed by atoms with Crippen LogP contribution in [0.25, 0.3) is 10.2 Å². The zero-order valence-corrected chi connectivity index (χ0v) is 17.9. The third-order valence-corrected chi connectivity index (χ3v) is 6.73. The lowest BCUT2D eigenvalue weighted by atomic mass is 10.0. The van der Waals surface area contributed by atoms with E-state index in [1.807, 2.05) is 6.07 Å². The predicted octanol–water partition coefficient (Wildman–Crippen LogP) is 5.05. The molecular formula is C23H28FN3OS. The Kier molecular flexibility index (Phi) is 6.31. The molecule has 2 aromatic carbocycles. The first kappa shape index (κ1) is 20.1. The first-order valence-corrected chi connectivity index (χ1v) is 11.1. The number of nitrogens with zero attached hydrogens (tertiary/aromatic N) is 3. The monoisotopic (exact) mass is 413 g/mol. The van der Waals surface area contributed by atoms with Crippen LogP contribution in [0.2, 0.25) is 0 Å². The lowest BCUT2D eigenvalue weighted by Gasteiger charge is -2.37. The fraction of sp³-hybridized carbons (Fsp3) is 0.435. The topological polar surface area (TPSA) is 28.6 Å². The van der Waals surface area contributed by atoms with E-state index in [9.17, 15) is 4.39 Å². The number of benzene rings is 2. The maximum absolute atomic E-state index is 13.0. The molecule has 1 unspecified atom stereocenters. The Morgan fingerprint density at radius 2 is 1.90 bits per heavy atom. The summed E-state index contributed by atoms with van der Waals surface area (Å²) in [5, 5.41) is 1.12. The predicted molar refractivity (Wildman–Crippen MR) is 119 cm³/mol. The number of likely N-dealkylation sites (tertiary alicyclic amines) is 1. The van der Waals surface area contributed by atoms with Gasteiger partial charge >= 0.3 is 0 Å². The van der Waals surface area contributed by atoms with Gasteiger partial charge in [0.1, 0.15) is 11.6 Å². The van der Waals surface area contributed by atoms with Crippen molar-refractivity contribution in [2.45, 2.75) is 25.8 Å². The highest BCUT2D eigenvalue weighted by Crippen LogP contribution is 2.31. The Morgan fingerprint density at radius 3 is 2.62 bits per heavy atom. The van der Waals surface area contributed by atoms with Gasteiger partial charge in [-0.15, -0.1) is 0 Å². The number of halogens is 1. The molecule has 154 valence electrons. The van der Waals surface area contributed by atoms with Crippen LogP contribution in [0.4, 0.5) is 9.52 Å². The van der Waals surface area contributed by atoms with Crippen LogP contribution in [0.3, 0.4) is 0 Å². The molecule has 29 heavy (non-hydrogen) atoms. The molecule has 1 aromatic heterocycles. The van der Waals surface area contributed by atoms with Gasteiger partial charge in [0.05, 0.1) is 16.8 Å². The molecule has 0 bridgehead atoms. The molecule has 6 heteroatoms. The van der Waals surface area contributed by atoms with Crippen LogP contribution in [0.5, 0.6) is 5.75 Å². The summed E-state index contributed by atoms with van der Waals surface area (Å²) in [4.78, 5) is 9.70. The molecule has 0 saturated carbocycles. The molecular weight excluding hydrogens is 385 g/mol. The molecule has 2 heterocycles. The maximum atomic E-state index is 13.0. The number of piperidine rings is 1. The average molecular weight is 414 g/mol. The summed E-state index contributed by atoms with van der Waals surface area (Å²) in [6.07, 6.45) is 2.30. The van der Waals surface area contributed by atoms with E-state index in [0.717, 1.165) is 48.9 Å². The Bertz CT molecular complexity index is 888. The van der Waals surface area contributed by atoms with Gasteiger partial charge in [-0.1, -0.05) is 30.4 Å². The summed E-state index contributed by atoms with van der Waals surface area (Å²) < 4.78 is 20.0. The molecule has 4 rings (SSSR count). The average Bonchev–Trinajstić information content (AvgIpc) is 3.18. The molecule has 0 spiro atoms. The van der Waals surface area contributed by atoms with Gasteiger partial charge in [-0.05, 0) is 49.2 Å². The maximum Gasteiger partial charge on any atom is 0.186 e. The second kappa shape index (κ2) is 9.09. The van der Waals surface area contributed by atoms with Crippen molar-refractivity contribution >= 4 is 26.7 Å². The summed E-state index contributed by atoms with van der Waals surface area (Å²) in [6, 6.07) is 15.1. The van der Waals surface area contributed by atoms with E-state index in [4.69, 9.17) is 9.72 Å². The number of hydrogen-bond acceptors (Lipinski definition) is 5. The summed E-state index contributed by atoms with van der Waals surface area (Å²) in [7, 11) is 2.18. The van der Waals surface area contributed by atoms with Crippen LogP contribution in [-0.2, 0) is 0 Å².